The monoisotopic (exact) mass is 285 g/mol. The second kappa shape index (κ2) is 6.92. The van der Waals surface area contributed by atoms with Crippen LogP contribution in [0, 0.1) is 16.7 Å². The minimum Gasteiger partial charge on any atom is -0.198 e. The Bertz CT molecular complexity index is 321. The molecule has 0 fully saturated rings. The molecule has 0 aromatic carbocycles. The highest BCUT2D eigenvalue weighted by molar-refractivity contribution is 9.11. The average Bonchev–Trinajstić information content (AvgIpc) is 2.23. The Morgan fingerprint density at radius 3 is 2.60 bits per heavy atom. The lowest BCUT2D eigenvalue weighted by atomic mass is 10.00. The van der Waals surface area contributed by atoms with Crippen LogP contribution in [0.1, 0.15) is 20.8 Å². The largest absolute Gasteiger partial charge is 0.198 e. The molecule has 0 saturated carbocycles. The maximum absolute atomic E-state index is 8.88. The van der Waals surface area contributed by atoms with Crippen molar-refractivity contribution >= 4 is 27.7 Å². The van der Waals surface area contributed by atoms with Gasteiger partial charge in [-0.1, -0.05) is 34.7 Å². The molecule has 0 aliphatic rings. The van der Waals surface area contributed by atoms with Crippen molar-refractivity contribution < 1.29 is 0 Å². The summed E-state index contributed by atoms with van der Waals surface area (Å²) in [4.78, 5) is 1.07. The molecule has 0 radical (unpaired) electrons. The van der Waals surface area contributed by atoms with Crippen LogP contribution in [0.3, 0.4) is 0 Å². The van der Waals surface area contributed by atoms with Crippen LogP contribution >= 0.6 is 27.7 Å². The Kier molecular flexibility index (Phi) is 6.71. The van der Waals surface area contributed by atoms with Crippen LogP contribution in [0.5, 0.6) is 0 Å². The van der Waals surface area contributed by atoms with Gasteiger partial charge in [-0.25, -0.2) is 0 Å². The minimum atomic E-state index is -0.296. The highest BCUT2D eigenvalue weighted by atomic mass is 79.9. The summed E-state index contributed by atoms with van der Waals surface area (Å²) in [6, 6.07) is 2.28. The van der Waals surface area contributed by atoms with Gasteiger partial charge in [0.15, 0.2) is 0 Å². The molecule has 3 heteroatoms. The average molecular weight is 286 g/mol. The molecule has 1 nitrogen and oxygen atoms in total. The molecule has 0 spiro atoms. The Morgan fingerprint density at radius 2 is 2.20 bits per heavy atom. The van der Waals surface area contributed by atoms with E-state index >= 15 is 0 Å². The number of thioether (sulfide) groups is 1. The smallest absolute Gasteiger partial charge is 0.0692 e. The molecule has 0 unspecified atom stereocenters. The Labute approximate surface area is 105 Å². The Morgan fingerprint density at radius 1 is 1.60 bits per heavy atom. The third-order valence-electron chi connectivity index (χ3n) is 1.66. The molecule has 0 atom stereocenters. The predicted octanol–water partition coefficient (Wildman–Crippen LogP) is 4.64. The van der Waals surface area contributed by atoms with Gasteiger partial charge in [0.25, 0.3) is 0 Å². The lowest BCUT2D eigenvalue weighted by molar-refractivity contribution is 0.574. The summed E-state index contributed by atoms with van der Waals surface area (Å²) in [6.07, 6.45) is 5.79. The van der Waals surface area contributed by atoms with E-state index in [1.807, 2.05) is 39.0 Å². The van der Waals surface area contributed by atoms with Crippen LogP contribution in [-0.2, 0) is 0 Å². The van der Waals surface area contributed by atoms with Crippen LogP contribution in [0.25, 0.3) is 0 Å². The number of nitriles is 1. The van der Waals surface area contributed by atoms with E-state index in [4.69, 9.17) is 5.26 Å². The minimum absolute atomic E-state index is 0.296. The van der Waals surface area contributed by atoms with Gasteiger partial charge in [-0.3, -0.25) is 0 Å². The second-order valence-corrected chi connectivity index (χ2v) is 5.67. The van der Waals surface area contributed by atoms with Gasteiger partial charge in [0.2, 0.25) is 0 Å². The van der Waals surface area contributed by atoms with Crippen molar-refractivity contribution in [3.63, 3.8) is 0 Å². The quantitative estimate of drug-likeness (QED) is 0.687. The van der Waals surface area contributed by atoms with Gasteiger partial charge in [0.05, 0.1) is 11.5 Å². The first kappa shape index (κ1) is 14.5. The number of hydrogen-bond acceptors (Lipinski definition) is 2. The second-order valence-electron chi connectivity index (χ2n) is 3.71. The van der Waals surface area contributed by atoms with Crippen LogP contribution in [0.15, 0.2) is 34.2 Å². The van der Waals surface area contributed by atoms with Crippen molar-refractivity contribution in [2.24, 2.45) is 5.41 Å². The summed E-state index contributed by atoms with van der Waals surface area (Å²) in [6.45, 7) is 9.59. The van der Waals surface area contributed by atoms with E-state index in [1.165, 1.54) is 0 Å². The summed E-state index contributed by atoms with van der Waals surface area (Å²) in [7, 11) is 0. The topological polar surface area (TPSA) is 23.8 Å². The van der Waals surface area contributed by atoms with Gasteiger partial charge >= 0.3 is 0 Å². The molecule has 0 saturated heterocycles. The van der Waals surface area contributed by atoms with Gasteiger partial charge in [-0.2, -0.15) is 5.26 Å². The number of nitrogens with zero attached hydrogens (tertiary/aromatic N) is 1. The summed E-state index contributed by atoms with van der Waals surface area (Å²) < 4.78 is 1.03. The van der Waals surface area contributed by atoms with E-state index in [1.54, 1.807) is 11.8 Å². The summed E-state index contributed by atoms with van der Waals surface area (Å²) in [5, 5.41) is 8.88. The summed E-state index contributed by atoms with van der Waals surface area (Å²) in [5.41, 5.74) is -0.296. The van der Waals surface area contributed by atoms with E-state index in [0.29, 0.717) is 0 Å². The summed E-state index contributed by atoms with van der Waals surface area (Å²) >= 11 is 5.06. The number of halogens is 1. The van der Waals surface area contributed by atoms with E-state index in [-0.39, 0.29) is 5.41 Å². The van der Waals surface area contributed by atoms with Crippen LogP contribution in [0.2, 0.25) is 0 Å². The normalized spacial score (nSPS) is 13.5. The standard InChI is InChI=1S/C12H16BrNS/c1-5-10(13)7-11(6-2)15-9-12(3,4)8-14/h5-7H,2,9H2,1,3-4H3/b10-5+,11-7+. The van der Waals surface area contributed by atoms with Gasteiger partial charge < -0.3 is 0 Å². The van der Waals surface area contributed by atoms with Crippen molar-refractivity contribution in [3.8, 4) is 6.07 Å². The zero-order valence-corrected chi connectivity index (χ0v) is 11.8. The molecule has 0 heterocycles. The van der Waals surface area contributed by atoms with Crippen molar-refractivity contribution in [1.29, 1.82) is 5.26 Å². The molecule has 0 aliphatic carbocycles. The maximum atomic E-state index is 8.88. The zero-order chi connectivity index (χ0) is 11.9. The first-order valence-corrected chi connectivity index (χ1v) is 6.43. The molecule has 0 amide bonds. The van der Waals surface area contributed by atoms with E-state index < -0.39 is 0 Å². The Balaban J connectivity index is 4.45. The molecule has 0 aromatic heterocycles. The predicted molar refractivity (Wildman–Crippen MR) is 72.8 cm³/mol. The molecular formula is C12H16BrNS. The fourth-order valence-electron chi connectivity index (χ4n) is 0.675. The van der Waals surface area contributed by atoms with Crippen LogP contribution < -0.4 is 0 Å². The van der Waals surface area contributed by atoms with Crippen molar-refractivity contribution in [1.82, 2.24) is 0 Å². The number of hydrogen-bond donors (Lipinski definition) is 0. The van der Waals surface area contributed by atoms with Gasteiger partial charge in [-0.05, 0) is 26.8 Å². The summed E-state index contributed by atoms with van der Waals surface area (Å²) in [5.74, 6) is 0.769. The zero-order valence-electron chi connectivity index (χ0n) is 9.38. The first-order valence-electron chi connectivity index (χ1n) is 4.65. The fourth-order valence-corrected chi connectivity index (χ4v) is 1.99. The van der Waals surface area contributed by atoms with Gasteiger partial charge in [-0.15, -0.1) is 11.8 Å². The molecule has 0 N–H and O–H groups in total. The van der Waals surface area contributed by atoms with E-state index in [9.17, 15) is 0 Å². The van der Waals surface area contributed by atoms with Crippen LogP contribution in [0.4, 0.5) is 0 Å². The maximum Gasteiger partial charge on any atom is 0.0692 e. The van der Waals surface area contributed by atoms with E-state index in [2.05, 4.69) is 28.6 Å². The molecule has 0 aromatic rings. The highest BCUT2D eigenvalue weighted by Crippen LogP contribution is 2.28. The number of allylic oxidation sites excluding steroid dienone is 4. The van der Waals surface area contributed by atoms with Crippen molar-refractivity contribution in [2.75, 3.05) is 5.75 Å². The SMILES string of the molecule is C=C/C(=C\C(Br)=C/C)SCC(C)(C)C#N. The third-order valence-corrected chi connectivity index (χ3v) is 3.83. The van der Waals surface area contributed by atoms with Crippen LogP contribution in [-0.4, -0.2) is 5.75 Å². The lowest BCUT2D eigenvalue weighted by Gasteiger charge is -2.14. The molecule has 0 aliphatic heterocycles. The van der Waals surface area contributed by atoms with E-state index in [0.717, 1.165) is 15.1 Å². The fraction of sp³-hybridized carbons (Fsp3) is 0.417. The van der Waals surface area contributed by atoms with Gasteiger partial charge in [0, 0.05) is 15.1 Å². The van der Waals surface area contributed by atoms with Crippen molar-refractivity contribution in [2.45, 2.75) is 20.8 Å². The third kappa shape index (κ3) is 6.59. The molecule has 0 bridgehead atoms. The number of rotatable bonds is 5. The lowest BCUT2D eigenvalue weighted by Crippen LogP contribution is -2.10. The molecule has 0 rings (SSSR count). The first-order chi connectivity index (χ1) is 6.95. The molecule has 15 heavy (non-hydrogen) atoms. The Hall–Kier alpha value is -0.460. The highest BCUT2D eigenvalue weighted by Gasteiger charge is 2.16. The van der Waals surface area contributed by atoms with Crippen molar-refractivity contribution in [3.05, 3.63) is 34.2 Å². The van der Waals surface area contributed by atoms with Gasteiger partial charge in [0.1, 0.15) is 0 Å². The molecular weight excluding hydrogens is 270 g/mol. The molecule has 82 valence electrons.